The van der Waals surface area contributed by atoms with Gasteiger partial charge in [-0.1, -0.05) is 0 Å². The van der Waals surface area contributed by atoms with Crippen molar-refractivity contribution in [3.63, 3.8) is 0 Å². The fourth-order valence-corrected chi connectivity index (χ4v) is 1.43. The van der Waals surface area contributed by atoms with Crippen LogP contribution in [0.15, 0.2) is 23.7 Å². The quantitative estimate of drug-likeness (QED) is 0.636. The van der Waals surface area contributed by atoms with Crippen LogP contribution in [-0.4, -0.2) is 11.3 Å². The van der Waals surface area contributed by atoms with Crippen LogP contribution in [0, 0.1) is 5.92 Å². The zero-order chi connectivity index (χ0) is 10.3. The molecule has 0 aromatic heterocycles. The van der Waals surface area contributed by atoms with E-state index in [2.05, 4.69) is 5.43 Å². The number of hydrazine groups is 1. The first kappa shape index (κ1) is 9.23. The van der Waals surface area contributed by atoms with Crippen LogP contribution in [0.2, 0.25) is 0 Å². The van der Waals surface area contributed by atoms with Crippen molar-refractivity contribution in [1.82, 2.24) is 10.4 Å². The molecule has 78 valence electrons. The third-order valence-corrected chi connectivity index (χ3v) is 2.27. The van der Waals surface area contributed by atoms with Crippen LogP contribution in [0.25, 0.3) is 0 Å². The molecule has 0 radical (unpaired) electrons. The highest BCUT2D eigenvalue weighted by atomic mass is 19.4. The lowest BCUT2D eigenvalue weighted by molar-refractivity contribution is -0.246. The summed E-state index contributed by atoms with van der Waals surface area (Å²) in [6.45, 7) is 0. The molecule has 6 heteroatoms. The molecule has 0 amide bonds. The van der Waals surface area contributed by atoms with Gasteiger partial charge in [0.25, 0.3) is 0 Å². The number of hydrogen-bond acceptors (Lipinski definition) is 3. The lowest BCUT2D eigenvalue weighted by Crippen LogP contribution is -2.49. The van der Waals surface area contributed by atoms with Crippen LogP contribution in [0.5, 0.6) is 0 Å². The van der Waals surface area contributed by atoms with E-state index in [1.165, 1.54) is 6.20 Å². The number of nitrogens with one attached hydrogen (secondary N) is 1. The Labute approximate surface area is 79.0 Å². The molecule has 1 aliphatic carbocycles. The van der Waals surface area contributed by atoms with Gasteiger partial charge in [-0.2, -0.15) is 5.01 Å². The zero-order valence-corrected chi connectivity index (χ0v) is 7.30. The molecule has 0 aromatic rings. The molecule has 0 unspecified atom stereocenters. The third-order valence-electron chi connectivity index (χ3n) is 2.27. The average Bonchev–Trinajstić information content (AvgIpc) is 2.85. The van der Waals surface area contributed by atoms with E-state index in [-0.39, 0.29) is 16.7 Å². The minimum atomic E-state index is -4.48. The van der Waals surface area contributed by atoms with E-state index >= 15 is 0 Å². The highest BCUT2D eigenvalue weighted by molar-refractivity contribution is 5.31. The van der Waals surface area contributed by atoms with Gasteiger partial charge in [0.1, 0.15) is 5.82 Å². The SMILES string of the molecule is NC1=C(C2CC2)C=CNN1C(F)(F)F. The standard InChI is InChI=1S/C8H10F3N3/c9-8(10,11)14-7(12)6(3-4-13-14)5-1-2-5/h3-5,13H,1-2,12H2. The molecule has 1 saturated carbocycles. The number of nitrogens with zero attached hydrogens (tertiary/aromatic N) is 1. The van der Waals surface area contributed by atoms with Crippen molar-refractivity contribution in [2.24, 2.45) is 11.7 Å². The molecule has 2 aliphatic rings. The summed E-state index contributed by atoms with van der Waals surface area (Å²) in [7, 11) is 0. The van der Waals surface area contributed by atoms with Crippen molar-refractivity contribution in [1.29, 1.82) is 0 Å². The summed E-state index contributed by atoms with van der Waals surface area (Å²) in [5.41, 5.74) is 8.07. The topological polar surface area (TPSA) is 41.3 Å². The van der Waals surface area contributed by atoms with Crippen LogP contribution in [0.4, 0.5) is 13.2 Å². The summed E-state index contributed by atoms with van der Waals surface area (Å²) in [6.07, 6.45) is 0.236. The van der Waals surface area contributed by atoms with E-state index in [9.17, 15) is 13.2 Å². The molecule has 14 heavy (non-hydrogen) atoms. The molecular weight excluding hydrogens is 195 g/mol. The summed E-state index contributed by atoms with van der Waals surface area (Å²) in [6, 6.07) is 0. The second-order valence-corrected chi connectivity index (χ2v) is 3.38. The van der Waals surface area contributed by atoms with Gasteiger partial charge in [0.05, 0.1) is 0 Å². The maximum Gasteiger partial charge on any atom is 0.504 e. The summed E-state index contributed by atoms with van der Waals surface area (Å²) in [5.74, 6) is -0.0271. The molecule has 0 bridgehead atoms. The lowest BCUT2D eigenvalue weighted by atomic mass is 10.1. The van der Waals surface area contributed by atoms with Crippen LogP contribution in [-0.2, 0) is 0 Å². The largest absolute Gasteiger partial charge is 0.504 e. The molecule has 1 heterocycles. The van der Waals surface area contributed by atoms with Crippen LogP contribution in [0.1, 0.15) is 12.8 Å². The van der Waals surface area contributed by atoms with Crippen molar-refractivity contribution < 1.29 is 13.2 Å². The molecule has 3 N–H and O–H groups in total. The van der Waals surface area contributed by atoms with E-state index in [1.807, 2.05) is 0 Å². The fourth-order valence-electron chi connectivity index (χ4n) is 1.43. The van der Waals surface area contributed by atoms with Crippen molar-refractivity contribution in [3.8, 4) is 0 Å². The Morgan fingerprint density at radius 2 is 2.07 bits per heavy atom. The Bertz CT molecular complexity index is 301. The molecular formula is C8H10F3N3. The number of nitrogens with two attached hydrogens (primary N) is 1. The fraction of sp³-hybridized carbons (Fsp3) is 0.500. The average molecular weight is 205 g/mol. The second kappa shape index (κ2) is 2.83. The number of halogens is 3. The first-order valence-electron chi connectivity index (χ1n) is 4.29. The van der Waals surface area contributed by atoms with E-state index in [0.717, 1.165) is 12.8 Å². The number of rotatable bonds is 1. The molecule has 0 aromatic carbocycles. The second-order valence-electron chi connectivity index (χ2n) is 3.38. The van der Waals surface area contributed by atoms with Crippen LogP contribution >= 0.6 is 0 Å². The monoisotopic (exact) mass is 205 g/mol. The van der Waals surface area contributed by atoms with Gasteiger partial charge in [0, 0.05) is 6.20 Å². The van der Waals surface area contributed by atoms with Gasteiger partial charge in [-0.3, -0.25) is 5.43 Å². The van der Waals surface area contributed by atoms with Gasteiger partial charge < -0.3 is 5.73 Å². The minimum absolute atomic E-state index is 0.0423. The maximum absolute atomic E-state index is 12.4. The third kappa shape index (κ3) is 1.51. The number of alkyl halides is 3. The van der Waals surface area contributed by atoms with Gasteiger partial charge in [-0.25, -0.2) is 0 Å². The summed E-state index contributed by atoms with van der Waals surface area (Å²) < 4.78 is 37.1. The smallest absolute Gasteiger partial charge is 0.384 e. The lowest BCUT2D eigenvalue weighted by Gasteiger charge is -2.30. The van der Waals surface area contributed by atoms with Gasteiger partial charge >= 0.3 is 6.30 Å². The molecule has 0 saturated heterocycles. The molecule has 1 aliphatic heterocycles. The Morgan fingerprint density at radius 1 is 1.43 bits per heavy atom. The van der Waals surface area contributed by atoms with Crippen molar-refractivity contribution in [2.45, 2.75) is 19.1 Å². The van der Waals surface area contributed by atoms with Gasteiger partial charge in [-0.15, -0.1) is 13.2 Å². The minimum Gasteiger partial charge on any atom is -0.384 e. The Kier molecular flexibility index (Phi) is 1.87. The van der Waals surface area contributed by atoms with Crippen molar-refractivity contribution >= 4 is 0 Å². The highest BCUT2D eigenvalue weighted by Crippen LogP contribution is 2.40. The number of allylic oxidation sites excluding steroid dienone is 2. The Balaban J connectivity index is 2.26. The summed E-state index contributed by atoms with van der Waals surface area (Å²) in [5, 5.41) is 0.0423. The maximum atomic E-state index is 12.4. The first-order chi connectivity index (χ1) is 6.50. The predicted molar refractivity (Wildman–Crippen MR) is 44.1 cm³/mol. The zero-order valence-electron chi connectivity index (χ0n) is 7.30. The van der Waals surface area contributed by atoms with E-state index in [1.54, 1.807) is 6.08 Å². The Morgan fingerprint density at radius 3 is 2.57 bits per heavy atom. The van der Waals surface area contributed by atoms with Crippen molar-refractivity contribution in [2.75, 3.05) is 0 Å². The van der Waals surface area contributed by atoms with E-state index in [4.69, 9.17) is 5.73 Å². The molecule has 2 rings (SSSR count). The molecule has 0 spiro atoms. The van der Waals surface area contributed by atoms with Gasteiger partial charge in [0.15, 0.2) is 0 Å². The number of hydrogen-bond donors (Lipinski definition) is 2. The molecule has 1 fully saturated rings. The summed E-state index contributed by atoms with van der Waals surface area (Å²) in [4.78, 5) is 0. The molecule has 0 atom stereocenters. The normalized spacial score (nSPS) is 22.6. The highest BCUT2D eigenvalue weighted by Gasteiger charge is 2.42. The van der Waals surface area contributed by atoms with Crippen LogP contribution < -0.4 is 11.2 Å². The van der Waals surface area contributed by atoms with Gasteiger partial charge in [0.2, 0.25) is 0 Å². The van der Waals surface area contributed by atoms with E-state index in [0.29, 0.717) is 5.57 Å². The van der Waals surface area contributed by atoms with Crippen molar-refractivity contribution in [3.05, 3.63) is 23.7 Å². The Hall–Kier alpha value is -1.33. The van der Waals surface area contributed by atoms with Crippen LogP contribution in [0.3, 0.4) is 0 Å². The molecule has 3 nitrogen and oxygen atoms in total. The first-order valence-corrected chi connectivity index (χ1v) is 4.29. The summed E-state index contributed by atoms with van der Waals surface area (Å²) >= 11 is 0. The predicted octanol–water partition coefficient (Wildman–Crippen LogP) is 1.42. The van der Waals surface area contributed by atoms with E-state index < -0.39 is 6.30 Å². The van der Waals surface area contributed by atoms with Gasteiger partial charge in [-0.05, 0) is 30.4 Å².